The molecule has 0 spiro atoms. The maximum absolute atomic E-state index is 11.7. The van der Waals surface area contributed by atoms with E-state index in [4.69, 9.17) is 9.47 Å². The van der Waals surface area contributed by atoms with Crippen LogP contribution in [0.15, 0.2) is 0 Å². The van der Waals surface area contributed by atoms with Gasteiger partial charge in [0.05, 0.1) is 29.8 Å². The molecule has 4 heteroatoms. The second-order valence-electron chi connectivity index (χ2n) is 6.70. The first-order valence-corrected chi connectivity index (χ1v) is 7.14. The zero-order valence-corrected chi connectivity index (χ0v) is 10.7. The van der Waals surface area contributed by atoms with E-state index >= 15 is 0 Å². The van der Waals surface area contributed by atoms with E-state index in [0.29, 0.717) is 24.2 Å². The molecule has 100 valence electrons. The topological polar surface area (TPSA) is 59.1 Å². The highest BCUT2D eigenvalue weighted by Gasteiger charge is 2.63. The number of hydrogen-bond donors (Lipinski definition) is 1. The van der Waals surface area contributed by atoms with Gasteiger partial charge in [0.15, 0.2) is 0 Å². The third-order valence-electron chi connectivity index (χ3n) is 5.77. The van der Waals surface area contributed by atoms with Gasteiger partial charge in [0, 0.05) is 12.3 Å². The van der Waals surface area contributed by atoms with E-state index in [9.17, 15) is 9.90 Å². The highest BCUT2D eigenvalue weighted by Crippen LogP contribution is 2.58. The molecule has 4 nitrogen and oxygen atoms in total. The summed E-state index contributed by atoms with van der Waals surface area (Å²) in [4.78, 5) is 11.7. The van der Waals surface area contributed by atoms with Crippen LogP contribution >= 0.6 is 0 Å². The molecule has 0 amide bonds. The molecule has 2 bridgehead atoms. The van der Waals surface area contributed by atoms with Crippen LogP contribution in [0.3, 0.4) is 0 Å². The van der Waals surface area contributed by atoms with Crippen LogP contribution in [0, 0.1) is 17.3 Å². The molecular formula is C14H20O4. The monoisotopic (exact) mass is 252 g/mol. The molecule has 0 aromatic heterocycles. The Balaban J connectivity index is 1.64. The first-order valence-electron chi connectivity index (χ1n) is 7.14. The first kappa shape index (κ1) is 11.2. The van der Waals surface area contributed by atoms with E-state index in [0.717, 1.165) is 32.1 Å². The van der Waals surface area contributed by atoms with Crippen LogP contribution in [0.4, 0.5) is 0 Å². The van der Waals surface area contributed by atoms with Crippen LogP contribution in [-0.2, 0) is 14.3 Å². The maximum atomic E-state index is 11.7. The van der Waals surface area contributed by atoms with Gasteiger partial charge in [-0.1, -0.05) is 0 Å². The Hall–Kier alpha value is -0.610. The summed E-state index contributed by atoms with van der Waals surface area (Å²) in [5.74, 6) is -0.103. The summed E-state index contributed by atoms with van der Waals surface area (Å²) in [6, 6.07) is 0. The van der Waals surface area contributed by atoms with Crippen molar-refractivity contribution in [3.63, 3.8) is 0 Å². The maximum Gasteiger partial charge on any atom is 0.309 e. The molecule has 5 rings (SSSR count). The lowest BCUT2D eigenvalue weighted by Crippen LogP contribution is -2.56. The Labute approximate surface area is 107 Å². The molecule has 3 aliphatic heterocycles. The van der Waals surface area contributed by atoms with Gasteiger partial charge in [-0.25, -0.2) is 0 Å². The van der Waals surface area contributed by atoms with Gasteiger partial charge < -0.3 is 14.6 Å². The molecule has 7 atom stereocenters. The van der Waals surface area contributed by atoms with Gasteiger partial charge in [-0.15, -0.1) is 0 Å². The number of rotatable bonds is 2. The lowest BCUT2D eigenvalue weighted by molar-refractivity contribution is -0.210. The lowest BCUT2D eigenvalue weighted by atomic mass is 9.58. The third-order valence-corrected chi connectivity index (χ3v) is 5.77. The Morgan fingerprint density at radius 1 is 1.22 bits per heavy atom. The average molecular weight is 252 g/mol. The number of ether oxygens (including phenoxy) is 2. The summed E-state index contributed by atoms with van der Waals surface area (Å²) in [5.41, 5.74) is -0.617. The molecule has 2 aliphatic carbocycles. The van der Waals surface area contributed by atoms with Crippen molar-refractivity contribution in [1.82, 2.24) is 0 Å². The Bertz CT molecular complexity index is 387. The lowest BCUT2D eigenvalue weighted by Gasteiger charge is -2.52. The van der Waals surface area contributed by atoms with Gasteiger partial charge in [0.2, 0.25) is 0 Å². The minimum atomic E-state index is -0.650. The van der Waals surface area contributed by atoms with E-state index in [1.165, 1.54) is 0 Å². The summed E-state index contributed by atoms with van der Waals surface area (Å²) < 4.78 is 11.6. The van der Waals surface area contributed by atoms with Crippen molar-refractivity contribution in [1.29, 1.82) is 0 Å². The van der Waals surface area contributed by atoms with Crippen LogP contribution in [0.5, 0.6) is 0 Å². The van der Waals surface area contributed by atoms with Crippen LogP contribution < -0.4 is 0 Å². The largest absolute Gasteiger partial charge is 0.481 e. The molecule has 1 N–H and O–H groups in total. The van der Waals surface area contributed by atoms with Crippen molar-refractivity contribution in [2.24, 2.45) is 17.3 Å². The fourth-order valence-corrected chi connectivity index (χ4v) is 4.57. The van der Waals surface area contributed by atoms with Gasteiger partial charge in [-0.05, 0) is 38.5 Å². The standard InChI is InChI=1S/C14H20O4/c1-14(13(15)16)5-4-9-12(18-9)11(14)8-3-2-7-6-10(8)17-7/h7-12H,2-6H2,1H3,(H,15,16). The van der Waals surface area contributed by atoms with Gasteiger partial charge in [-0.3, -0.25) is 4.79 Å². The van der Waals surface area contributed by atoms with Crippen molar-refractivity contribution in [3.05, 3.63) is 0 Å². The van der Waals surface area contributed by atoms with Gasteiger partial charge in [-0.2, -0.15) is 0 Å². The minimum absolute atomic E-state index is 0.153. The highest BCUT2D eigenvalue weighted by molar-refractivity contribution is 5.75. The molecule has 3 heterocycles. The predicted octanol–water partition coefficient (Wildman–Crippen LogP) is 1.82. The normalized spacial score (nSPS) is 57.4. The minimum Gasteiger partial charge on any atom is -0.481 e. The SMILES string of the molecule is CC1(C(=O)O)CCC2OC2C1C1CCC2CC1O2. The average Bonchev–Trinajstić information content (AvgIpc) is 3.06. The van der Waals surface area contributed by atoms with E-state index in [-0.39, 0.29) is 12.0 Å². The van der Waals surface area contributed by atoms with Crippen molar-refractivity contribution >= 4 is 5.97 Å². The summed E-state index contributed by atoms with van der Waals surface area (Å²) in [5, 5.41) is 9.64. The van der Waals surface area contributed by atoms with E-state index < -0.39 is 11.4 Å². The first-order chi connectivity index (χ1) is 8.59. The number of hydrogen-bond acceptors (Lipinski definition) is 3. The number of aliphatic carboxylic acids is 1. The van der Waals surface area contributed by atoms with E-state index in [1.807, 2.05) is 6.92 Å². The number of carboxylic acids is 1. The van der Waals surface area contributed by atoms with Gasteiger partial charge in [0.1, 0.15) is 0 Å². The third kappa shape index (κ3) is 1.36. The number of carboxylic acid groups (broad SMARTS) is 1. The molecule has 5 aliphatic rings. The number of fused-ring (bicyclic) bond motifs is 3. The van der Waals surface area contributed by atoms with Gasteiger partial charge in [0.25, 0.3) is 0 Å². The molecule has 0 radical (unpaired) electrons. The molecular weight excluding hydrogens is 232 g/mol. The van der Waals surface area contributed by atoms with Crippen molar-refractivity contribution in [2.45, 2.75) is 63.4 Å². The molecule has 18 heavy (non-hydrogen) atoms. The van der Waals surface area contributed by atoms with Crippen LogP contribution in [-0.4, -0.2) is 35.5 Å². The quantitative estimate of drug-likeness (QED) is 0.762. The van der Waals surface area contributed by atoms with Crippen molar-refractivity contribution < 1.29 is 19.4 Å². The van der Waals surface area contributed by atoms with E-state index in [1.54, 1.807) is 0 Å². The summed E-state index contributed by atoms with van der Waals surface area (Å²) in [6.45, 7) is 1.92. The van der Waals surface area contributed by atoms with E-state index in [2.05, 4.69) is 0 Å². The molecule has 0 aromatic rings. The smallest absolute Gasteiger partial charge is 0.309 e. The van der Waals surface area contributed by atoms with Gasteiger partial charge >= 0.3 is 5.97 Å². The fourth-order valence-electron chi connectivity index (χ4n) is 4.57. The second kappa shape index (κ2) is 3.48. The Morgan fingerprint density at radius 3 is 2.61 bits per heavy atom. The number of epoxide rings is 1. The zero-order chi connectivity index (χ0) is 12.5. The Morgan fingerprint density at radius 2 is 2.00 bits per heavy atom. The predicted molar refractivity (Wildman–Crippen MR) is 63.1 cm³/mol. The molecule has 7 unspecified atom stereocenters. The Kier molecular flexibility index (Phi) is 2.17. The van der Waals surface area contributed by atoms with Crippen LogP contribution in [0.25, 0.3) is 0 Å². The number of carbonyl (C=O) groups is 1. The summed E-state index contributed by atoms with van der Waals surface area (Å²) in [7, 11) is 0. The zero-order valence-electron chi connectivity index (χ0n) is 10.7. The molecule has 2 saturated carbocycles. The molecule has 0 aromatic carbocycles. The summed E-state index contributed by atoms with van der Waals surface area (Å²) in [6.07, 6.45) is 6.29. The van der Waals surface area contributed by atoms with Crippen LogP contribution in [0.1, 0.15) is 39.0 Å². The highest BCUT2D eigenvalue weighted by atomic mass is 16.6. The second-order valence-corrected chi connectivity index (χ2v) is 6.70. The van der Waals surface area contributed by atoms with Crippen molar-refractivity contribution in [2.75, 3.05) is 0 Å². The van der Waals surface area contributed by atoms with Crippen molar-refractivity contribution in [3.8, 4) is 0 Å². The fraction of sp³-hybridized carbons (Fsp3) is 0.929. The molecule has 5 fully saturated rings. The van der Waals surface area contributed by atoms with Crippen LogP contribution in [0.2, 0.25) is 0 Å². The molecule has 3 saturated heterocycles. The summed E-state index contributed by atoms with van der Waals surface area (Å²) >= 11 is 0.